The maximum atomic E-state index is 5.42. The molecule has 1 heterocycles. The first-order valence-corrected chi connectivity index (χ1v) is 5.34. The third-order valence-corrected chi connectivity index (χ3v) is 2.43. The zero-order valence-electron chi connectivity index (χ0n) is 7.88. The predicted molar refractivity (Wildman–Crippen MR) is 59.3 cm³/mol. The molecule has 74 valence electrons. The highest BCUT2D eigenvalue weighted by atomic mass is 32.2. The SMILES string of the molecule is C#CCSc1nnc(-c2ccccc2)o1. The van der Waals surface area contributed by atoms with Gasteiger partial charge in [0, 0.05) is 5.56 Å². The van der Waals surface area contributed by atoms with Crippen LogP contribution in [0, 0.1) is 12.3 Å². The molecule has 1 aromatic heterocycles. The molecule has 0 amide bonds. The van der Waals surface area contributed by atoms with Gasteiger partial charge in [0.15, 0.2) is 0 Å². The molecule has 0 aliphatic heterocycles. The Morgan fingerprint density at radius 3 is 2.80 bits per heavy atom. The number of terminal acetylenes is 1. The summed E-state index contributed by atoms with van der Waals surface area (Å²) in [4.78, 5) is 0. The Balaban J connectivity index is 2.18. The number of hydrogen-bond donors (Lipinski definition) is 0. The number of hydrogen-bond acceptors (Lipinski definition) is 4. The van der Waals surface area contributed by atoms with Crippen LogP contribution < -0.4 is 0 Å². The third-order valence-electron chi connectivity index (χ3n) is 1.71. The van der Waals surface area contributed by atoms with Crippen LogP contribution in [0.3, 0.4) is 0 Å². The Kier molecular flexibility index (Phi) is 3.05. The summed E-state index contributed by atoms with van der Waals surface area (Å²) in [6.07, 6.45) is 5.13. The zero-order valence-corrected chi connectivity index (χ0v) is 8.70. The minimum absolute atomic E-state index is 0.506. The molecule has 0 N–H and O–H groups in total. The van der Waals surface area contributed by atoms with Gasteiger partial charge >= 0.3 is 0 Å². The fourth-order valence-corrected chi connectivity index (χ4v) is 1.51. The van der Waals surface area contributed by atoms with Crippen molar-refractivity contribution in [3.05, 3.63) is 30.3 Å². The predicted octanol–water partition coefficient (Wildman–Crippen LogP) is 2.46. The lowest BCUT2D eigenvalue weighted by Gasteiger charge is -1.91. The van der Waals surface area contributed by atoms with E-state index < -0.39 is 0 Å². The number of thioether (sulfide) groups is 1. The molecular weight excluding hydrogens is 208 g/mol. The normalized spacial score (nSPS) is 9.80. The largest absolute Gasteiger partial charge is 0.411 e. The quantitative estimate of drug-likeness (QED) is 0.583. The van der Waals surface area contributed by atoms with Gasteiger partial charge in [-0.2, -0.15) is 0 Å². The highest BCUT2D eigenvalue weighted by molar-refractivity contribution is 7.99. The molecule has 1 aromatic carbocycles. The maximum absolute atomic E-state index is 5.42. The molecule has 0 spiro atoms. The molecule has 0 unspecified atom stereocenters. The number of nitrogens with zero attached hydrogens (tertiary/aromatic N) is 2. The van der Waals surface area contributed by atoms with E-state index in [9.17, 15) is 0 Å². The number of benzene rings is 1. The monoisotopic (exact) mass is 216 g/mol. The summed E-state index contributed by atoms with van der Waals surface area (Å²) in [5, 5.41) is 8.32. The molecule has 2 rings (SSSR count). The second-order valence-corrected chi connectivity index (χ2v) is 3.66. The molecule has 4 heteroatoms. The lowest BCUT2D eigenvalue weighted by atomic mass is 10.2. The van der Waals surface area contributed by atoms with E-state index in [1.54, 1.807) is 0 Å². The van der Waals surface area contributed by atoms with Gasteiger partial charge in [-0.05, 0) is 12.1 Å². The fourth-order valence-electron chi connectivity index (χ4n) is 1.07. The second kappa shape index (κ2) is 4.67. The highest BCUT2D eigenvalue weighted by Gasteiger charge is 2.07. The van der Waals surface area contributed by atoms with Crippen LogP contribution in [-0.2, 0) is 0 Å². The van der Waals surface area contributed by atoms with Crippen molar-refractivity contribution < 1.29 is 4.42 Å². The molecule has 2 aromatic rings. The molecule has 0 aliphatic rings. The van der Waals surface area contributed by atoms with Gasteiger partial charge in [0.1, 0.15) is 0 Å². The van der Waals surface area contributed by atoms with Crippen LogP contribution >= 0.6 is 11.8 Å². The third kappa shape index (κ3) is 2.39. The van der Waals surface area contributed by atoms with Crippen LogP contribution in [0.15, 0.2) is 40.0 Å². The van der Waals surface area contributed by atoms with E-state index in [2.05, 4.69) is 16.1 Å². The van der Waals surface area contributed by atoms with Gasteiger partial charge in [-0.1, -0.05) is 35.9 Å². The molecule has 0 saturated carbocycles. The van der Waals surface area contributed by atoms with Gasteiger partial charge in [-0.3, -0.25) is 0 Å². The summed E-state index contributed by atoms with van der Waals surface area (Å²) in [6, 6.07) is 9.63. The van der Waals surface area contributed by atoms with Gasteiger partial charge < -0.3 is 4.42 Å². The molecule has 3 nitrogen and oxygen atoms in total. The van der Waals surface area contributed by atoms with Crippen molar-refractivity contribution in [3.63, 3.8) is 0 Å². The second-order valence-electron chi connectivity index (χ2n) is 2.73. The van der Waals surface area contributed by atoms with Gasteiger partial charge in [-0.25, -0.2) is 0 Å². The average Bonchev–Trinajstić information content (AvgIpc) is 2.76. The number of rotatable bonds is 3. The Morgan fingerprint density at radius 1 is 1.27 bits per heavy atom. The molecule has 0 bridgehead atoms. The van der Waals surface area contributed by atoms with E-state index in [-0.39, 0.29) is 0 Å². The summed E-state index contributed by atoms with van der Waals surface area (Å²) in [6.45, 7) is 0. The lowest BCUT2D eigenvalue weighted by Crippen LogP contribution is -1.75. The van der Waals surface area contributed by atoms with E-state index >= 15 is 0 Å². The summed E-state index contributed by atoms with van der Waals surface area (Å²) in [5.41, 5.74) is 0.914. The van der Waals surface area contributed by atoms with E-state index in [0.29, 0.717) is 16.9 Å². The van der Waals surface area contributed by atoms with Crippen LogP contribution in [0.1, 0.15) is 0 Å². The van der Waals surface area contributed by atoms with Crippen molar-refractivity contribution in [1.29, 1.82) is 0 Å². The minimum atomic E-state index is 0.506. The smallest absolute Gasteiger partial charge is 0.277 e. The summed E-state index contributed by atoms with van der Waals surface area (Å²) in [5.74, 6) is 3.56. The summed E-state index contributed by atoms with van der Waals surface area (Å²) in [7, 11) is 0. The van der Waals surface area contributed by atoms with Gasteiger partial charge in [-0.15, -0.1) is 16.6 Å². The molecule has 0 fully saturated rings. The average molecular weight is 216 g/mol. The molecule has 0 saturated heterocycles. The maximum Gasteiger partial charge on any atom is 0.277 e. The lowest BCUT2D eigenvalue weighted by molar-refractivity contribution is 0.466. The Hall–Kier alpha value is -1.73. The Bertz CT molecular complexity index is 473. The minimum Gasteiger partial charge on any atom is -0.411 e. The van der Waals surface area contributed by atoms with Crippen LogP contribution in [0.25, 0.3) is 11.5 Å². The van der Waals surface area contributed by atoms with E-state index in [1.807, 2.05) is 30.3 Å². The molecular formula is C11H8N2OS. The van der Waals surface area contributed by atoms with E-state index in [4.69, 9.17) is 10.8 Å². The first-order valence-electron chi connectivity index (χ1n) is 4.35. The van der Waals surface area contributed by atoms with Gasteiger partial charge in [0.2, 0.25) is 5.89 Å². The van der Waals surface area contributed by atoms with Crippen molar-refractivity contribution in [3.8, 4) is 23.8 Å². The van der Waals surface area contributed by atoms with Crippen LogP contribution in [0.4, 0.5) is 0 Å². The molecule has 0 atom stereocenters. The topological polar surface area (TPSA) is 38.9 Å². The zero-order chi connectivity index (χ0) is 10.5. The van der Waals surface area contributed by atoms with Crippen molar-refractivity contribution in [2.75, 3.05) is 5.75 Å². The van der Waals surface area contributed by atoms with Crippen LogP contribution in [-0.4, -0.2) is 16.0 Å². The van der Waals surface area contributed by atoms with E-state index in [0.717, 1.165) is 5.56 Å². The first kappa shape index (κ1) is 9.81. The Labute approximate surface area is 91.9 Å². The molecule has 0 radical (unpaired) electrons. The van der Waals surface area contributed by atoms with E-state index in [1.165, 1.54) is 11.8 Å². The fraction of sp³-hybridized carbons (Fsp3) is 0.0909. The Morgan fingerprint density at radius 2 is 2.07 bits per heavy atom. The van der Waals surface area contributed by atoms with Crippen molar-refractivity contribution in [2.45, 2.75) is 5.22 Å². The first-order chi connectivity index (χ1) is 7.40. The van der Waals surface area contributed by atoms with Crippen molar-refractivity contribution in [2.24, 2.45) is 0 Å². The van der Waals surface area contributed by atoms with Crippen LogP contribution in [0.5, 0.6) is 0 Å². The van der Waals surface area contributed by atoms with Gasteiger partial charge in [0.05, 0.1) is 5.75 Å². The van der Waals surface area contributed by atoms with Crippen molar-refractivity contribution >= 4 is 11.8 Å². The van der Waals surface area contributed by atoms with Crippen molar-refractivity contribution in [1.82, 2.24) is 10.2 Å². The highest BCUT2D eigenvalue weighted by Crippen LogP contribution is 2.22. The number of aromatic nitrogens is 2. The molecule has 0 aliphatic carbocycles. The summed E-state index contributed by atoms with van der Waals surface area (Å²) >= 11 is 1.36. The van der Waals surface area contributed by atoms with Crippen LogP contribution in [0.2, 0.25) is 0 Å². The summed E-state index contributed by atoms with van der Waals surface area (Å²) < 4.78 is 5.42. The standard InChI is InChI=1S/C11H8N2OS/c1-2-8-15-11-13-12-10(14-11)9-6-4-3-5-7-9/h1,3-7H,8H2. The van der Waals surface area contributed by atoms with Gasteiger partial charge in [0.25, 0.3) is 5.22 Å². The molecule has 15 heavy (non-hydrogen) atoms.